The minimum Gasteiger partial charge on any atom is -0.508 e. The van der Waals surface area contributed by atoms with Gasteiger partial charge in [-0.1, -0.05) is 12.1 Å². The van der Waals surface area contributed by atoms with Gasteiger partial charge in [0.2, 0.25) is 0 Å². The first kappa shape index (κ1) is 10.8. The summed E-state index contributed by atoms with van der Waals surface area (Å²) in [6.07, 6.45) is 1.42. The summed E-state index contributed by atoms with van der Waals surface area (Å²) in [5.41, 5.74) is 0.609. The van der Waals surface area contributed by atoms with Crippen molar-refractivity contribution in [2.75, 3.05) is 7.05 Å². The van der Waals surface area contributed by atoms with Crippen molar-refractivity contribution in [1.82, 2.24) is 5.32 Å². The molecule has 1 amide bonds. The number of hydrogen-bond acceptors (Lipinski definition) is 3. The van der Waals surface area contributed by atoms with Gasteiger partial charge in [-0.15, -0.1) is 0 Å². The fourth-order valence-electron chi connectivity index (χ4n) is 1.06. The van der Waals surface area contributed by atoms with Crippen molar-refractivity contribution in [2.45, 2.75) is 0 Å². The lowest BCUT2D eigenvalue weighted by molar-refractivity contribution is -0.116. The second-order valence-electron chi connectivity index (χ2n) is 2.84. The molecule has 4 nitrogen and oxygen atoms in total. The number of carbonyl (C=O) groups is 1. The molecule has 76 valence electrons. The standard InChI is InChI=1S/C11H10N2O2/c1-13-11(15)9(7-12)5-8-3-2-4-10(14)6-8/h2-6,14H,1H3,(H,13,15)/b9-5+. The summed E-state index contributed by atoms with van der Waals surface area (Å²) in [7, 11) is 1.45. The van der Waals surface area contributed by atoms with E-state index in [9.17, 15) is 9.90 Å². The molecule has 0 aliphatic heterocycles. The maximum atomic E-state index is 11.2. The van der Waals surface area contributed by atoms with Crippen LogP contribution in [-0.2, 0) is 4.79 Å². The van der Waals surface area contributed by atoms with Crippen LogP contribution in [0, 0.1) is 11.3 Å². The van der Waals surface area contributed by atoms with Gasteiger partial charge in [0.05, 0.1) is 0 Å². The summed E-state index contributed by atoms with van der Waals surface area (Å²) in [5.74, 6) is -0.348. The third-order valence-corrected chi connectivity index (χ3v) is 1.77. The van der Waals surface area contributed by atoms with E-state index in [1.54, 1.807) is 18.2 Å². The van der Waals surface area contributed by atoms with Gasteiger partial charge in [0.25, 0.3) is 5.91 Å². The molecular weight excluding hydrogens is 192 g/mol. The Labute approximate surface area is 87.5 Å². The van der Waals surface area contributed by atoms with Gasteiger partial charge in [0.15, 0.2) is 0 Å². The number of rotatable bonds is 2. The molecular formula is C11H10N2O2. The monoisotopic (exact) mass is 202 g/mol. The van der Waals surface area contributed by atoms with Gasteiger partial charge in [-0.05, 0) is 23.8 Å². The molecule has 0 unspecified atom stereocenters. The molecule has 0 aliphatic carbocycles. The van der Waals surface area contributed by atoms with Crippen LogP contribution in [-0.4, -0.2) is 18.1 Å². The SMILES string of the molecule is CNC(=O)/C(C#N)=C/c1cccc(O)c1. The molecule has 2 N–H and O–H groups in total. The summed E-state index contributed by atoms with van der Waals surface area (Å²) in [4.78, 5) is 11.2. The molecule has 0 bridgehead atoms. The first-order valence-electron chi connectivity index (χ1n) is 4.30. The zero-order chi connectivity index (χ0) is 11.3. The number of nitrogens with one attached hydrogen (secondary N) is 1. The molecule has 0 radical (unpaired) electrons. The molecule has 0 spiro atoms. The van der Waals surface area contributed by atoms with Gasteiger partial charge in [-0.3, -0.25) is 4.79 Å². The van der Waals surface area contributed by atoms with E-state index in [2.05, 4.69) is 5.32 Å². The fraction of sp³-hybridized carbons (Fsp3) is 0.0909. The first-order chi connectivity index (χ1) is 7.17. The zero-order valence-corrected chi connectivity index (χ0v) is 8.19. The highest BCUT2D eigenvalue weighted by atomic mass is 16.3. The molecule has 1 aromatic rings. The average molecular weight is 202 g/mol. The van der Waals surface area contributed by atoms with Crippen LogP contribution in [0.4, 0.5) is 0 Å². The van der Waals surface area contributed by atoms with Crippen LogP contribution < -0.4 is 5.32 Å². The molecule has 0 saturated carbocycles. The molecule has 1 aromatic carbocycles. The van der Waals surface area contributed by atoms with E-state index in [1.807, 2.05) is 0 Å². The summed E-state index contributed by atoms with van der Waals surface area (Å²) in [6.45, 7) is 0. The molecule has 4 heteroatoms. The van der Waals surface area contributed by atoms with Crippen LogP contribution in [0.25, 0.3) is 6.08 Å². The number of aromatic hydroxyl groups is 1. The maximum absolute atomic E-state index is 11.2. The third-order valence-electron chi connectivity index (χ3n) is 1.77. The van der Waals surface area contributed by atoms with Crippen molar-refractivity contribution < 1.29 is 9.90 Å². The van der Waals surface area contributed by atoms with Crippen molar-refractivity contribution >= 4 is 12.0 Å². The topological polar surface area (TPSA) is 73.1 Å². The molecule has 15 heavy (non-hydrogen) atoms. The van der Waals surface area contributed by atoms with Crippen LogP contribution in [0.2, 0.25) is 0 Å². The smallest absolute Gasteiger partial charge is 0.261 e. The van der Waals surface area contributed by atoms with E-state index in [4.69, 9.17) is 5.26 Å². The van der Waals surface area contributed by atoms with Gasteiger partial charge in [-0.2, -0.15) is 5.26 Å². The van der Waals surface area contributed by atoms with Gasteiger partial charge in [0.1, 0.15) is 17.4 Å². The predicted molar refractivity (Wildman–Crippen MR) is 55.8 cm³/mol. The number of phenolic OH excluding ortho intramolecular Hbond substituents is 1. The Morgan fingerprint density at radius 1 is 1.60 bits per heavy atom. The Kier molecular flexibility index (Phi) is 3.47. The van der Waals surface area contributed by atoms with Crippen LogP contribution in [0.3, 0.4) is 0 Å². The van der Waals surface area contributed by atoms with Crippen LogP contribution in [0.1, 0.15) is 5.56 Å². The molecule has 0 aliphatic rings. The van der Waals surface area contributed by atoms with Gasteiger partial charge in [-0.25, -0.2) is 0 Å². The van der Waals surface area contributed by atoms with E-state index < -0.39 is 5.91 Å². The van der Waals surface area contributed by atoms with E-state index in [0.717, 1.165) is 0 Å². The van der Waals surface area contributed by atoms with Gasteiger partial charge in [0, 0.05) is 7.05 Å². The predicted octanol–water partition coefficient (Wildman–Crippen LogP) is 1.05. The molecule has 0 saturated heterocycles. The maximum Gasteiger partial charge on any atom is 0.261 e. The number of amides is 1. The number of hydrogen-bond donors (Lipinski definition) is 2. The van der Waals surface area contributed by atoms with Crippen molar-refractivity contribution in [3.05, 3.63) is 35.4 Å². The van der Waals surface area contributed by atoms with Crippen molar-refractivity contribution in [1.29, 1.82) is 5.26 Å². The highest BCUT2D eigenvalue weighted by Gasteiger charge is 2.05. The molecule has 0 atom stereocenters. The van der Waals surface area contributed by atoms with Gasteiger partial charge < -0.3 is 10.4 Å². The number of carbonyl (C=O) groups excluding carboxylic acids is 1. The van der Waals surface area contributed by atoms with Crippen LogP contribution in [0.15, 0.2) is 29.8 Å². The van der Waals surface area contributed by atoms with Crippen molar-refractivity contribution in [3.8, 4) is 11.8 Å². The first-order valence-corrected chi connectivity index (χ1v) is 4.30. The number of likely N-dealkylation sites (N-methyl/N-ethyl adjacent to an activating group) is 1. The molecule has 0 heterocycles. The second kappa shape index (κ2) is 4.82. The zero-order valence-electron chi connectivity index (χ0n) is 8.19. The highest BCUT2D eigenvalue weighted by Crippen LogP contribution is 2.13. The van der Waals surface area contributed by atoms with Crippen LogP contribution >= 0.6 is 0 Å². The van der Waals surface area contributed by atoms with E-state index >= 15 is 0 Å². The lowest BCUT2D eigenvalue weighted by Gasteiger charge is -1.98. The second-order valence-corrected chi connectivity index (χ2v) is 2.84. The molecule has 0 aromatic heterocycles. The summed E-state index contributed by atoms with van der Waals surface area (Å²) < 4.78 is 0. The summed E-state index contributed by atoms with van der Waals surface area (Å²) in [6, 6.07) is 8.11. The Bertz CT molecular complexity index is 444. The molecule has 1 rings (SSSR count). The van der Waals surface area contributed by atoms with Crippen molar-refractivity contribution in [3.63, 3.8) is 0 Å². The van der Waals surface area contributed by atoms with Gasteiger partial charge >= 0.3 is 0 Å². The Hall–Kier alpha value is -2.28. The number of nitriles is 1. The fourth-order valence-corrected chi connectivity index (χ4v) is 1.06. The van der Waals surface area contributed by atoms with Crippen LogP contribution in [0.5, 0.6) is 5.75 Å². The minimum atomic E-state index is -0.444. The normalized spacial score (nSPS) is 10.5. The number of phenols is 1. The van der Waals surface area contributed by atoms with Crippen molar-refractivity contribution in [2.24, 2.45) is 0 Å². The Balaban J connectivity index is 3.05. The Morgan fingerprint density at radius 3 is 2.87 bits per heavy atom. The lowest BCUT2D eigenvalue weighted by atomic mass is 10.1. The lowest BCUT2D eigenvalue weighted by Crippen LogP contribution is -2.19. The van der Waals surface area contributed by atoms with E-state index in [1.165, 1.54) is 25.3 Å². The summed E-state index contributed by atoms with van der Waals surface area (Å²) >= 11 is 0. The summed E-state index contributed by atoms with van der Waals surface area (Å²) in [5, 5.41) is 20.3. The van der Waals surface area contributed by atoms with E-state index in [0.29, 0.717) is 5.56 Å². The largest absolute Gasteiger partial charge is 0.508 e. The quantitative estimate of drug-likeness (QED) is 0.556. The Morgan fingerprint density at radius 2 is 2.33 bits per heavy atom. The minimum absolute atomic E-state index is 0.00287. The highest BCUT2D eigenvalue weighted by molar-refractivity contribution is 6.01. The molecule has 0 fully saturated rings. The third kappa shape index (κ3) is 2.85. The van der Waals surface area contributed by atoms with E-state index in [-0.39, 0.29) is 11.3 Å². The average Bonchev–Trinajstić information content (AvgIpc) is 2.25. The number of nitrogens with zero attached hydrogens (tertiary/aromatic N) is 1. The number of benzene rings is 1.